The lowest BCUT2D eigenvalue weighted by molar-refractivity contribution is -0.385. The Morgan fingerprint density at radius 3 is 2.48 bits per heavy atom. The molecule has 0 unspecified atom stereocenters. The maximum atomic E-state index is 11.4. The highest BCUT2D eigenvalue weighted by Gasteiger charge is 2.19. The second-order valence-electron chi connectivity index (χ2n) is 4.17. The molecule has 0 aliphatic rings. The van der Waals surface area contributed by atoms with Crippen LogP contribution >= 0.6 is 23.2 Å². The van der Waals surface area contributed by atoms with Crippen molar-refractivity contribution >= 4 is 34.7 Å². The molecule has 108 valence electrons. The van der Waals surface area contributed by atoms with E-state index in [1.807, 2.05) is 0 Å². The van der Waals surface area contributed by atoms with Crippen molar-refractivity contribution in [3.05, 3.63) is 62.1 Å². The smallest absolute Gasteiger partial charge is 0.283 e. The van der Waals surface area contributed by atoms with E-state index in [4.69, 9.17) is 27.9 Å². The van der Waals surface area contributed by atoms with Crippen molar-refractivity contribution in [3.8, 4) is 11.5 Å². The zero-order valence-corrected chi connectivity index (χ0v) is 12.3. The van der Waals surface area contributed by atoms with Gasteiger partial charge in [-0.15, -0.1) is 0 Å². The first kappa shape index (κ1) is 15.3. The van der Waals surface area contributed by atoms with Crippen LogP contribution in [0.1, 0.15) is 17.3 Å². The molecule has 2 aromatic rings. The summed E-state index contributed by atoms with van der Waals surface area (Å²) < 4.78 is 5.48. The Bertz CT molecular complexity index is 731. The molecule has 0 saturated heterocycles. The average molecular weight is 326 g/mol. The molecule has 7 heteroatoms. The van der Waals surface area contributed by atoms with Crippen LogP contribution in [0.25, 0.3) is 0 Å². The monoisotopic (exact) mass is 325 g/mol. The van der Waals surface area contributed by atoms with Crippen LogP contribution in [-0.2, 0) is 0 Å². The van der Waals surface area contributed by atoms with Crippen LogP contribution in [-0.4, -0.2) is 10.7 Å². The number of nitro benzene ring substituents is 1. The lowest BCUT2D eigenvalue weighted by Crippen LogP contribution is -2.00. The number of nitrogens with zero attached hydrogens (tertiary/aromatic N) is 1. The van der Waals surface area contributed by atoms with Crippen molar-refractivity contribution in [2.24, 2.45) is 0 Å². The summed E-state index contributed by atoms with van der Waals surface area (Å²) in [6.07, 6.45) is 0. The van der Waals surface area contributed by atoms with E-state index in [0.29, 0.717) is 10.8 Å². The Balaban J connectivity index is 2.39. The molecule has 0 radical (unpaired) electrons. The number of hydrogen-bond acceptors (Lipinski definition) is 4. The Hall–Kier alpha value is -2.11. The Kier molecular flexibility index (Phi) is 4.45. The fourth-order valence-corrected chi connectivity index (χ4v) is 2.16. The van der Waals surface area contributed by atoms with Gasteiger partial charge in [0.25, 0.3) is 5.69 Å². The van der Waals surface area contributed by atoms with Crippen molar-refractivity contribution in [1.82, 2.24) is 0 Å². The van der Waals surface area contributed by atoms with E-state index in [1.165, 1.54) is 31.2 Å². The minimum atomic E-state index is -0.632. The summed E-state index contributed by atoms with van der Waals surface area (Å²) in [5, 5.41) is 11.7. The number of ketones is 1. The van der Waals surface area contributed by atoms with Crippen molar-refractivity contribution < 1.29 is 14.5 Å². The van der Waals surface area contributed by atoms with Crippen LogP contribution in [0, 0.1) is 10.1 Å². The molecule has 0 aromatic heterocycles. The fourth-order valence-electron chi connectivity index (χ4n) is 1.71. The molecule has 0 bridgehead atoms. The maximum absolute atomic E-state index is 11.4. The van der Waals surface area contributed by atoms with Gasteiger partial charge >= 0.3 is 0 Å². The number of nitro groups is 1. The number of rotatable bonds is 4. The van der Waals surface area contributed by atoms with Gasteiger partial charge in [-0.1, -0.05) is 23.2 Å². The van der Waals surface area contributed by atoms with E-state index in [1.54, 1.807) is 12.1 Å². The second-order valence-corrected chi connectivity index (χ2v) is 5.01. The topological polar surface area (TPSA) is 69.4 Å². The molecular formula is C14H9Cl2NO4. The molecule has 0 fully saturated rings. The first-order valence-electron chi connectivity index (χ1n) is 5.81. The molecule has 0 N–H and O–H groups in total. The molecule has 0 saturated carbocycles. The lowest BCUT2D eigenvalue weighted by atomic mass is 10.1. The zero-order valence-electron chi connectivity index (χ0n) is 10.8. The molecule has 0 amide bonds. The van der Waals surface area contributed by atoms with E-state index in [0.717, 1.165) is 0 Å². The van der Waals surface area contributed by atoms with E-state index in [-0.39, 0.29) is 22.0 Å². The molecule has 0 heterocycles. The highest BCUT2D eigenvalue weighted by Crippen LogP contribution is 2.33. The van der Waals surface area contributed by atoms with Gasteiger partial charge in [0.1, 0.15) is 11.5 Å². The fraction of sp³-hybridized carbons (Fsp3) is 0.0714. The minimum Gasteiger partial charge on any atom is -0.456 e. The first-order chi connectivity index (χ1) is 9.88. The van der Waals surface area contributed by atoms with Crippen molar-refractivity contribution in [3.63, 3.8) is 0 Å². The van der Waals surface area contributed by atoms with Crippen molar-refractivity contribution in [2.75, 3.05) is 0 Å². The summed E-state index contributed by atoms with van der Waals surface area (Å²) in [5.41, 5.74) is -0.292. The third-order valence-corrected chi connectivity index (χ3v) is 3.20. The van der Waals surface area contributed by atoms with Gasteiger partial charge in [-0.05, 0) is 37.3 Å². The summed E-state index contributed by atoms with van der Waals surface area (Å²) in [4.78, 5) is 21.7. The second kappa shape index (κ2) is 6.11. The van der Waals surface area contributed by atoms with Gasteiger partial charge in [0, 0.05) is 5.02 Å². The number of ether oxygens (including phenoxy) is 1. The molecule has 2 rings (SSSR count). The molecule has 0 spiro atoms. The van der Waals surface area contributed by atoms with Gasteiger partial charge in [0.05, 0.1) is 21.6 Å². The molecule has 5 nitrogen and oxygen atoms in total. The molecule has 0 atom stereocenters. The third-order valence-electron chi connectivity index (χ3n) is 2.67. The van der Waals surface area contributed by atoms with Gasteiger partial charge in [0.2, 0.25) is 0 Å². The van der Waals surface area contributed by atoms with Crippen LogP contribution in [0.5, 0.6) is 11.5 Å². The largest absolute Gasteiger partial charge is 0.456 e. The highest BCUT2D eigenvalue weighted by molar-refractivity contribution is 6.35. The summed E-state index contributed by atoms with van der Waals surface area (Å²) in [6, 6.07) is 8.63. The number of carbonyl (C=O) groups is 1. The third kappa shape index (κ3) is 3.51. The van der Waals surface area contributed by atoms with Crippen LogP contribution in [0.3, 0.4) is 0 Å². The molecule has 0 aliphatic heterocycles. The van der Waals surface area contributed by atoms with Crippen molar-refractivity contribution in [1.29, 1.82) is 0 Å². The van der Waals surface area contributed by atoms with Gasteiger partial charge in [0.15, 0.2) is 5.78 Å². The van der Waals surface area contributed by atoms with Crippen molar-refractivity contribution in [2.45, 2.75) is 6.92 Å². The van der Waals surface area contributed by atoms with E-state index in [2.05, 4.69) is 0 Å². The molecule has 21 heavy (non-hydrogen) atoms. The normalized spacial score (nSPS) is 10.2. The van der Waals surface area contributed by atoms with Crippen LogP contribution < -0.4 is 4.74 Å². The highest BCUT2D eigenvalue weighted by atomic mass is 35.5. The van der Waals surface area contributed by atoms with Crippen LogP contribution in [0.2, 0.25) is 10.0 Å². The van der Waals surface area contributed by atoms with Gasteiger partial charge in [-0.2, -0.15) is 0 Å². The summed E-state index contributed by atoms with van der Waals surface area (Å²) in [6.45, 7) is 1.26. The minimum absolute atomic E-state index is 0.0227. The van der Waals surface area contributed by atoms with Gasteiger partial charge < -0.3 is 4.74 Å². The molecular weight excluding hydrogens is 317 g/mol. The SMILES string of the molecule is CC(=O)c1ccc(Oc2ccc(Cl)cc2Cl)cc1[N+](=O)[O-]. The van der Waals surface area contributed by atoms with Crippen LogP contribution in [0.4, 0.5) is 5.69 Å². The average Bonchev–Trinajstić information content (AvgIpc) is 2.41. The summed E-state index contributed by atoms with van der Waals surface area (Å²) >= 11 is 11.7. The van der Waals surface area contributed by atoms with Crippen LogP contribution in [0.15, 0.2) is 36.4 Å². The predicted molar refractivity (Wildman–Crippen MR) is 79.6 cm³/mol. The summed E-state index contributed by atoms with van der Waals surface area (Å²) in [7, 11) is 0. The predicted octanol–water partition coefficient (Wildman–Crippen LogP) is 4.90. The standard InChI is InChI=1S/C14H9Cl2NO4/c1-8(18)11-4-3-10(7-13(11)17(19)20)21-14-5-2-9(15)6-12(14)16/h2-7H,1H3. The van der Waals surface area contributed by atoms with Gasteiger partial charge in [-0.3, -0.25) is 14.9 Å². The zero-order chi connectivity index (χ0) is 15.6. The summed E-state index contributed by atoms with van der Waals surface area (Å²) in [5.74, 6) is 0.125. The number of hydrogen-bond donors (Lipinski definition) is 0. The molecule has 2 aromatic carbocycles. The number of carbonyl (C=O) groups excluding carboxylic acids is 1. The quantitative estimate of drug-likeness (QED) is 0.455. The van der Waals surface area contributed by atoms with Gasteiger partial charge in [-0.25, -0.2) is 0 Å². The number of benzene rings is 2. The first-order valence-corrected chi connectivity index (χ1v) is 6.56. The van der Waals surface area contributed by atoms with E-state index in [9.17, 15) is 14.9 Å². The van der Waals surface area contributed by atoms with E-state index < -0.39 is 10.7 Å². The molecule has 0 aliphatic carbocycles. The lowest BCUT2D eigenvalue weighted by Gasteiger charge is -2.08. The van der Waals surface area contributed by atoms with E-state index >= 15 is 0 Å². The Labute approximate surface area is 130 Å². The Morgan fingerprint density at radius 2 is 1.90 bits per heavy atom. The number of halogens is 2. The maximum Gasteiger partial charge on any atom is 0.283 e. The Morgan fingerprint density at radius 1 is 1.19 bits per heavy atom. The number of Topliss-reactive ketones (excluding diaryl/α,β-unsaturated/α-hetero) is 1.